The van der Waals surface area contributed by atoms with Crippen molar-refractivity contribution < 1.29 is 18.8 Å². The first-order valence-electron chi connectivity index (χ1n) is 12.9. The maximum Gasteiger partial charge on any atom is 0.248 e. The monoisotopic (exact) mass is 618 g/mol. The number of benzene rings is 1. The van der Waals surface area contributed by atoms with Crippen LogP contribution in [0.3, 0.4) is 0 Å². The number of likely N-dealkylation sites (tertiary alicyclic amines) is 1. The second-order valence-electron chi connectivity index (χ2n) is 9.96. The van der Waals surface area contributed by atoms with Crippen LogP contribution >= 0.6 is 15.9 Å². The average Bonchev–Trinajstić information content (AvgIpc) is 3.63. The number of fused-ring (bicyclic) bond motifs is 2. The van der Waals surface area contributed by atoms with E-state index in [-0.39, 0.29) is 36.8 Å². The third-order valence-electron chi connectivity index (χ3n) is 7.07. The Morgan fingerprint density at radius 3 is 2.76 bits per heavy atom. The summed E-state index contributed by atoms with van der Waals surface area (Å²) in [6, 6.07) is 9.47. The molecule has 5 aromatic rings. The molecular weight excluding hydrogens is 595 g/mol. The molecule has 5 heterocycles. The van der Waals surface area contributed by atoms with Gasteiger partial charge in [0, 0.05) is 42.3 Å². The van der Waals surface area contributed by atoms with E-state index < -0.39 is 24.0 Å². The highest BCUT2D eigenvalue weighted by molar-refractivity contribution is 9.10. The van der Waals surface area contributed by atoms with E-state index in [1.807, 2.05) is 25.3 Å². The van der Waals surface area contributed by atoms with E-state index in [1.54, 1.807) is 41.2 Å². The Hall–Kier alpha value is -4.52. The third-order valence-corrected chi connectivity index (χ3v) is 7.52. The van der Waals surface area contributed by atoms with Gasteiger partial charge in [-0.15, -0.1) is 0 Å². The Labute approximate surface area is 241 Å². The summed E-state index contributed by atoms with van der Waals surface area (Å²) in [5, 5.41) is 12.0. The van der Waals surface area contributed by atoms with Crippen LogP contribution in [0.4, 0.5) is 10.2 Å². The van der Waals surface area contributed by atoms with Gasteiger partial charge in [0.2, 0.25) is 11.8 Å². The molecule has 41 heavy (non-hydrogen) atoms. The summed E-state index contributed by atoms with van der Waals surface area (Å²) in [6.45, 7) is 2.86. The summed E-state index contributed by atoms with van der Waals surface area (Å²) in [4.78, 5) is 48.8. The van der Waals surface area contributed by atoms with Gasteiger partial charge in [-0.2, -0.15) is 10.2 Å². The van der Waals surface area contributed by atoms with Crippen LogP contribution in [0, 0.1) is 6.92 Å². The number of amides is 2. The van der Waals surface area contributed by atoms with Crippen LogP contribution in [0.1, 0.15) is 29.4 Å². The third kappa shape index (κ3) is 5.08. The number of carbonyl (C=O) groups excluding carboxylic acids is 3. The molecule has 1 aliphatic rings. The zero-order chi connectivity index (χ0) is 28.8. The van der Waals surface area contributed by atoms with Crippen molar-refractivity contribution in [1.29, 1.82) is 0 Å². The lowest BCUT2D eigenvalue weighted by molar-refractivity contribution is -0.137. The summed E-state index contributed by atoms with van der Waals surface area (Å²) < 4.78 is 18.1. The minimum absolute atomic E-state index is 0.123. The minimum atomic E-state index is -1.35. The number of aromatic nitrogens is 6. The quantitative estimate of drug-likeness (QED) is 0.225. The number of nitrogens with one attached hydrogen (secondary N) is 1. The topological polar surface area (TPSA) is 127 Å². The predicted octanol–water partition coefficient (Wildman–Crippen LogP) is 3.99. The van der Waals surface area contributed by atoms with Gasteiger partial charge in [0.05, 0.1) is 18.3 Å². The summed E-state index contributed by atoms with van der Waals surface area (Å²) in [5.41, 5.74) is 4.07. The molecule has 0 spiro atoms. The molecule has 0 saturated carbocycles. The van der Waals surface area contributed by atoms with E-state index in [0.717, 1.165) is 22.3 Å². The maximum absolute atomic E-state index is 14.5. The molecule has 1 fully saturated rings. The van der Waals surface area contributed by atoms with Crippen molar-refractivity contribution in [1.82, 2.24) is 34.3 Å². The fourth-order valence-electron chi connectivity index (χ4n) is 5.10. The van der Waals surface area contributed by atoms with Gasteiger partial charge < -0.3 is 10.2 Å². The molecule has 0 aliphatic carbocycles. The average molecular weight is 619 g/mol. The van der Waals surface area contributed by atoms with Gasteiger partial charge in [-0.05, 0) is 52.7 Å². The molecule has 6 rings (SSSR count). The van der Waals surface area contributed by atoms with Crippen molar-refractivity contribution in [2.45, 2.75) is 39.0 Å². The molecule has 1 aromatic carbocycles. The van der Waals surface area contributed by atoms with Gasteiger partial charge >= 0.3 is 0 Å². The summed E-state index contributed by atoms with van der Waals surface area (Å²) in [6.07, 6.45) is 3.86. The molecular formula is C28H24BrFN8O3. The molecule has 1 aliphatic heterocycles. The number of anilines is 1. The predicted molar refractivity (Wildman–Crippen MR) is 152 cm³/mol. The second kappa shape index (κ2) is 10.5. The van der Waals surface area contributed by atoms with E-state index in [2.05, 4.69) is 41.4 Å². The first kappa shape index (κ1) is 26.7. The van der Waals surface area contributed by atoms with Crippen LogP contribution in [-0.4, -0.2) is 70.6 Å². The van der Waals surface area contributed by atoms with Gasteiger partial charge in [-0.25, -0.2) is 18.9 Å². The number of rotatable bonds is 6. The van der Waals surface area contributed by atoms with Crippen LogP contribution < -0.4 is 5.32 Å². The Kier molecular flexibility index (Phi) is 6.81. The molecule has 2 atom stereocenters. The standard InChI is InChI=1S/C28H24BrFN8O3/c1-15-10-32-38-12-18(11-31-27(15)38)17-6-7-21-20(8-17)26(16(2)39)35-37(21)14-25(40)36-13-19(30)9-22(36)28(41)34-24-5-3-4-23(29)33-24/h3-8,10-12,19,22H,9,13-14H2,1-2H3,(H,33,34,41)/t19-,22+/m1/s1. The first-order chi connectivity index (χ1) is 19.7. The minimum Gasteiger partial charge on any atom is -0.326 e. The number of nitrogens with zero attached hydrogens (tertiary/aromatic N) is 7. The van der Waals surface area contributed by atoms with Gasteiger partial charge in [-0.1, -0.05) is 12.1 Å². The summed E-state index contributed by atoms with van der Waals surface area (Å²) in [5.74, 6) is -0.990. The van der Waals surface area contributed by atoms with Crippen LogP contribution in [0.15, 0.2) is 59.6 Å². The van der Waals surface area contributed by atoms with E-state index in [4.69, 9.17) is 0 Å². The lowest BCUT2D eigenvalue weighted by atomic mass is 10.0. The zero-order valence-corrected chi connectivity index (χ0v) is 23.7. The Morgan fingerprint density at radius 1 is 1.15 bits per heavy atom. The Balaban J connectivity index is 1.28. The van der Waals surface area contributed by atoms with Crippen molar-refractivity contribution >= 4 is 55.9 Å². The number of alkyl halides is 1. The van der Waals surface area contributed by atoms with Gasteiger partial charge in [0.15, 0.2) is 11.4 Å². The molecule has 0 bridgehead atoms. The highest BCUT2D eigenvalue weighted by Crippen LogP contribution is 2.28. The molecule has 1 N–H and O–H groups in total. The van der Waals surface area contributed by atoms with Gasteiger partial charge in [-0.3, -0.25) is 19.1 Å². The largest absolute Gasteiger partial charge is 0.326 e. The highest BCUT2D eigenvalue weighted by Gasteiger charge is 2.40. The Bertz CT molecular complexity index is 1850. The zero-order valence-electron chi connectivity index (χ0n) is 22.1. The number of Topliss-reactive ketones (excluding diaryl/α,β-unsaturated/α-hetero) is 1. The van der Waals surface area contributed by atoms with Crippen molar-refractivity contribution in [2.24, 2.45) is 0 Å². The lowest BCUT2D eigenvalue weighted by Crippen LogP contribution is -2.44. The van der Waals surface area contributed by atoms with E-state index in [9.17, 15) is 18.8 Å². The van der Waals surface area contributed by atoms with Crippen LogP contribution in [0.5, 0.6) is 0 Å². The molecule has 0 radical (unpaired) electrons. The molecule has 11 nitrogen and oxygen atoms in total. The van der Waals surface area contributed by atoms with E-state index in [1.165, 1.54) is 16.5 Å². The molecule has 208 valence electrons. The molecule has 13 heteroatoms. The van der Waals surface area contributed by atoms with Crippen LogP contribution in [0.2, 0.25) is 0 Å². The fourth-order valence-corrected chi connectivity index (χ4v) is 5.44. The number of pyridine rings is 1. The normalized spacial score (nSPS) is 16.9. The van der Waals surface area contributed by atoms with Crippen LogP contribution in [-0.2, 0) is 16.1 Å². The number of halogens is 2. The number of hydrogen-bond acceptors (Lipinski definition) is 7. The smallest absolute Gasteiger partial charge is 0.248 e. The van der Waals surface area contributed by atoms with Gasteiger partial charge in [0.1, 0.15) is 34.9 Å². The summed E-state index contributed by atoms with van der Waals surface area (Å²) in [7, 11) is 0. The number of carbonyl (C=O) groups is 3. The highest BCUT2D eigenvalue weighted by atomic mass is 79.9. The van der Waals surface area contributed by atoms with Crippen LogP contribution in [0.25, 0.3) is 27.7 Å². The first-order valence-corrected chi connectivity index (χ1v) is 13.7. The molecule has 4 aromatic heterocycles. The SMILES string of the molecule is CC(=O)c1nn(CC(=O)N2C[C@H](F)C[C@H]2C(=O)Nc2cccc(Br)n2)c2ccc(-c3cnc4c(C)cnn4c3)cc12. The van der Waals surface area contributed by atoms with Crippen molar-refractivity contribution in [2.75, 3.05) is 11.9 Å². The molecule has 1 saturated heterocycles. The number of ketones is 1. The maximum atomic E-state index is 14.5. The Morgan fingerprint density at radius 2 is 1.98 bits per heavy atom. The molecule has 2 amide bonds. The fraction of sp³-hybridized carbons (Fsp3) is 0.250. The summed E-state index contributed by atoms with van der Waals surface area (Å²) >= 11 is 3.25. The van der Waals surface area contributed by atoms with E-state index in [0.29, 0.717) is 15.5 Å². The van der Waals surface area contributed by atoms with Crippen molar-refractivity contribution in [3.05, 3.63) is 70.8 Å². The second-order valence-corrected chi connectivity index (χ2v) is 10.8. The number of hydrogen-bond donors (Lipinski definition) is 1. The van der Waals surface area contributed by atoms with E-state index >= 15 is 0 Å². The van der Waals surface area contributed by atoms with Crippen molar-refractivity contribution in [3.8, 4) is 11.1 Å². The number of aryl methyl sites for hydroxylation is 1. The molecule has 0 unspecified atom stereocenters. The van der Waals surface area contributed by atoms with Gasteiger partial charge in [0.25, 0.3) is 0 Å². The lowest BCUT2D eigenvalue weighted by Gasteiger charge is -2.23. The van der Waals surface area contributed by atoms with Crippen molar-refractivity contribution in [3.63, 3.8) is 0 Å².